The van der Waals surface area contributed by atoms with Crippen LogP contribution in [0.3, 0.4) is 0 Å². The maximum Gasteiger partial charge on any atom is 0.0372 e. The summed E-state index contributed by atoms with van der Waals surface area (Å²) >= 11 is 0. The molecule has 0 aromatic heterocycles. The summed E-state index contributed by atoms with van der Waals surface area (Å²) in [7, 11) is 0. The van der Waals surface area contributed by atoms with Crippen LogP contribution in [0.15, 0.2) is 49.6 Å². The summed E-state index contributed by atoms with van der Waals surface area (Å²) in [5.41, 5.74) is 4.80. The lowest BCUT2D eigenvalue weighted by Gasteiger charge is -2.29. The van der Waals surface area contributed by atoms with Crippen molar-refractivity contribution in [1.82, 2.24) is 0 Å². The van der Waals surface area contributed by atoms with E-state index >= 15 is 0 Å². The van der Waals surface area contributed by atoms with Crippen LogP contribution in [0.2, 0.25) is 0 Å². The van der Waals surface area contributed by atoms with Gasteiger partial charge >= 0.3 is 0 Å². The standard InChI is InChI=1S/C19H14/c1-3-13-19(14-4-2)17-11-7-5-9-15(17)16-10-6-8-12-18(16)19/h3-4,7,10-12H,1-2,13-14H2. The largest absolute Gasteiger partial charge is 0.103 e. The molecule has 19 heavy (non-hydrogen) atoms. The summed E-state index contributed by atoms with van der Waals surface area (Å²) in [4.78, 5) is 0. The van der Waals surface area contributed by atoms with Gasteiger partial charge in [0.15, 0.2) is 0 Å². The van der Waals surface area contributed by atoms with Crippen LogP contribution in [0.1, 0.15) is 24.0 Å². The van der Waals surface area contributed by atoms with E-state index < -0.39 is 0 Å². The lowest BCUT2D eigenvalue weighted by atomic mass is 9.73. The van der Waals surface area contributed by atoms with E-state index in [0.29, 0.717) is 0 Å². The molecule has 90 valence electrons. The molecule has 0 bridgehead atoms. The van der Waals surface area contributed by atoms with Crippen LogP contribution in [-0.4, -0.2) is 0 Å². The Hall–Kier alpha value is -2.44. The average Bonchev–Trinajstić information content (AvgIpc) is 2.72. The van der Waals surface area contributed by atoms with Gasteiger partial charge in [0.2, 0.25) is 0 Å². The molecule has 2 aromatic rings. The van der Waals surface area contributed by atoms with E-state index in [1.54, 1.807) is 0 Å². The van der Waals surface area contributed by atoms with E-state index in [-0.39, 0.29) is 5.41 Å². The molecule has 0 fully saturated rings. The van der Waals surface area contributed by atoms with Crippen LogP contribution >= 0.6 is 0 Å². The molecule has 3 rings (SSSR count). The van der Waals surface area contributed by atoms with Crippen molar-refractivity contribution in [2.75, 3.05) is 0 Å². The molecule has 1 aliphatic carbocycles. The summed E-state index contributed by atoms with van der Waals surface area (Å²) in [6.45, 7) is 7.85. The van der Waals surface area contributed by atoms with Gasteiger partial charge in [0.1, 0.15) is 0 Å². The first-order valence-electron chi connectivity index (χ1n) is 6.41. The predicted octanol–water partition coefficient (Wildman–Crippen LogP) is 4.31. The van der Waals surface area contributed by atoms with Crippen molar-refractivity contribution >= 4 is 0 Å². The average molecular weight is 242 g/mol. The molecule has 1 aliphatic rings. The van der Waals surface area contributed by atoms with Gasteiger partial charge in [-0.1, -0.05) is 36.4 Å². The van der Waals surface area contributed by atoms with Crippen LogP contribution in [0.5, 0.6) is 0 Å². The molecule has 0 nitrogen and oxygen atoms in total. The second kappa shape index (κ2) is 4.34. The highest BCUT2D eigenvalue weighted by atomic mass is 14.4. The Morgan fingerprint density at radius 3 is 2.47 bits per heavy atom. The van der Waals surface area contributed by atoms with Crippen LogP contribution in [0.25, 0.3) is 11.1 Å². The van der Waals surface area contributed by atoms with E-state index in [0.717, 1.165) is 18.4 Å². The van der Waals surface area contributed by atoms with E-state index in [1.165, 1.54) is 16.7 Å². The van der Waals surface area contributed by atoms with E-state index in [2.05, 4.69) is 43.5 Å². The molecule has 0 amide bonds. The molecule has 0 heterocycles. The second-order valence-electron chi connectivity index (χ2n) is 4.86. The Balaban J connectivity index is 2.34. The number of hydrogen-bond donors (Lipinski definition) is 0. The number of allylic oxidation sites excluding steroid dienone is 2. The first-order valence-corrected chi connectivity index (χ1v) is 6.41. The zero-order valence-electron chi connectivity index (χ0n) is 10.8. The van der Waals surface area contributed by atoms with Gasteiger partial charge in [0.05, 0.1) is 0 Å². The number of rotatable bonds is 4. The highest BCUT2D eigenvalue weighted by molar-refractivity contribution is 5.79. The normalized spacial score (nSPS) is 13.7. The lowest BCUT2D eigenvalue weighted by molar-refractivity contribution is 0.543. The van der Waals surface area contributed by atoms with E-state index in [1.807, 2.05) is 30.4 Å². The molecule has 2 aromatic carbocycles. The Morgan fingerprint density at radius 1 is 1.00 bits per heavy atom. The molecular formula is C19H14. The summed E-state index contributed by atoms with van der Waals surface area (Å²) in [6, 6.07) is 20.5. The molecule has 0 N–H and O–H groups in total. The minimum absolute atomic E-state index is 0.0780. The van der Waals surface area contributed by atoms with Crippen LogP contribution < -0.4 is 0 Å². The molecular weight excluding hydrogens is 228 g/mol. The van der Waals surface area contributed by atoms with Crippen molar-refractivity contribution in [3.05, 3.63) is 85.0 Å². The fourth-order valence-electron chi connectivity index (χ4n) is 3.15. The number of fused-ring (bicyclic) bond motifs is 3. The van der Waals surface area contributed by atoms with Gasteiger partial charge in [-0.05, 0) is 48.2 Å². The van der Waals surface area contributed by atoms with Gasteiger partial charge in [0, 0.05) is 16.5 Å². The Bertz CT molecular complexity index is 576. The third-order valence-corrected chi connectivity index (χ3v) is 3.89. The molecule has 0 aliphatic heterocycles. The Labute approximate surface area is 115 Å². The van der Waals surface area contributed by atoms with Crippen molar-refractivity contribution < 1.29 is 0 Å². The third kappa shape index (κ3) is 1.51. The molecule has 0 saturated carbocycles. The van der Waals surface area contributed by atoms with Crippen molar-refractivity contribution in [1.29, 1.82) is 0 Å². The molecule has 0 atom stereocenters. The molecule has 0 radical (unpaired) electrons. The highest BCUT2D eigenvalue weighted by Gasteiger charge is 2.41. The third-order valence-electron chi connectivity index (χ3n) is 3.89. The summed E-state index contributed by atoms with van der Waals surface area (Å²) < 4.78 is 0. The van der Waals surface area contributed by atoms with Crippen molar-refractivity contribution in [3.63, 3.8) is 0 Å². The van der Waals surface area contributed by atoms with Gasteiger partial charge in [-0.25, -0.2) is 0 Å². The van der Waals surface area contributed by atoms with Crippen LogP contribution in [-0.2, 0) is 5.41 Å². The first-order chi connectivity index (χ1) is 9.33. The minimum Gasteiger partial charge on any atom is -0.103 e. The maximum absolute atomic E-state index is 3.93. The zero-order chi connectivity index (χ0) is 13.3. The fraction of sp³-hybridized carbons (Fsp3) is 0.158. The van der Waals surface area contributed by atoms with Gasteiger partial charge in [-0.3, -0.25) is 0 Å². The van der Waals surface area contributed by atoms with Crippen molar-refractivity contribution in [2.45, 2.75) is 18.3 Å². The fourth-order valence-corrected chi connectivity index (χ4v) is 3.15. The summed E-state index contributed by atoms with van der Waals surface area (Å²) in [5, 5.41) is 0. The van der Waals surface area contributed by atoms with Gasteiger partial charge in [0.25, 0.3) is 0 Å². The minimum atomic E-state index is -0.0780. The topological polar surface area (TPSA) is 0 Å². The monoisotopic (exact) mass is 242 g/mol. The van der Waals surface area contributed by atoms with Gasteiger partial charge in [-0.2, -0.15) is 0 Å². The van der Waals surface area contributed by atoms with Crippen LogP contribution in [0, 0.1) is 24.3 Å². The Morgan fingerprint density at radius 2 is 1.74 bits per heavy atom. The molecule has 0 unspecified atom stereocenters. The summed E-state index contributed by atoms with van der Waals surface area (Å²) in [5.74, 6) is 0. The maximum atomic E-state index is 3.93. The van der Waals surface area contributed by atoms with Gasteiger partial charge < -0.3 is 0 Å². The van der Waals surface area contributed by atoms with Crippen molar-refractivity contribution in [2.24, 2.45) is 0 Å². The smallest absolute Gasteiger partial charge is 0.0372 e. The van der Waals surface area contributed by atoms with Crippen molar-refractivity contribution in [3.8, 4) is 11.1 Å². The molecule has 0 spiro atoms. The number of hydrogen-bond acceptors (Lipinski definition) is 0. The second-order valence-corrected chi connectivity index (χ2v) is 4.86. The SMILES string of the molecule is C=CCC1(CC=C)c2ccc#cc2-c2cc#ccc21. The molecule has 0 saturated heterocycles. The van der Waals surface area contributed by atoms with E-state index in [9.17, 15) is 0 Å². The molecule has 0 heteroatoms. The quantitative estimate of drug-likeness (QED) is 0.701. The first kappa shape index (κ1) is 11.6. The zero-order valence-corrected chi connectivity index (χ0v) is 10.8. The van der Waals surface area contributed by atoms with E-state index in [4.69, 9.17) is 0 Å². The van der Waals surface area contributed by atoms with Crippen LogP contribution in [0.4, 0.5) is 0 Å². The highest BCUT2D eigenvalue weighted by Crippen LogP contribution is 2.51. The Kier molecular flexibility index (Phi) is 2.66. The predicted molar refractivity (Wildman–Crippen MR) is 77.6 cm³/mol. The van der Waals surface area contributed by atoms with Gasteiger partial charge in [-0.15, -0.1) is 13.2 Å². The summed E-state index contributed by atoms with van der Waals surface area (Å²) in [6.07, 6.45) is 5.73. The lowest BCUT2D eigenvalue weighted by Crippen LogP contribution is -2.23.